The fraction of sp³-hybridized carbons (Fsp3) is 0.208. The van der Waals surface area contributed by atoms with Crippen molar-refractivity contribution >= 4 is 34.2 Å². The molecule has 4 rings (SSSR count). The normalized spacial score (nSPS) is 11.0. The number of hydrogen-bond donors (Lipinski definition) is 1. The lowest BCUT2D eigenvalue weighted by Crippen LogP contribution is -2.20. The second-order valence-corrected chi connectivity index (χ2v) is 7.78. The predicted octanol–water partition coefficient (Wildman–Crippen LogP) is 5.27. The Bertz CT molecular complexity index is 1230. The van der Waals surface area contributed by atoms with Gasteiger partial charge in [0.15, 0.2) is 12.3 Å². The van der Waals surface area contributed by atoms with Gasteiger partial charge in [-0.3, -0.25) is 4.79 Å². The standard InChI is InChI=1S/C24H23ClN4O2/c1-4-17-13-22(31-14-21(30)26-19-9-7-18(25)8-10-19)27-24-23(17)16(3)28-29(24)20-11-5-15(2)6-12-20/h5-13H,4,14H2,1-3H3,(H,26,30). The van der Waals surface area contributed by atoms with Crippen LogP contribution in [-0.2, 0) is 11.2 Å². The molecule has 2 heterocycles. The quantitative estimate of drug-likeness (QED) is 0.448. The molecule has 0 saturated carbocycles. The summed E-state index contributed by atoms with van der Waals surface area (Å²) in [6.45, 7) is 5.95. The van der Waals surface area contributed by atoms with Crippen LogP contribution in [0.4, 0.5) is 5.69 Å². The topological polar surface area (TPSA) is 69.0 Å². The van der Waals surface area contributed by atoms with Gasteiger partial charge in [-0.25, -0.2) is 4.68 Å². The zero-order valence-corrected chi connectivity index (χ0v) is 18.4. The van der Waals surface area contributed by atoms with Crippen LogP contribution in [0.15, 0.2) is 54.6 Å². The summed E-state index contributed by atoms with van der Waals surface area (Å²) in [5.41, 5.74) is 5.46. The Morgan fingerprint density at radius 2 is 1.81 bits per heavy atom. The van der Waals surface area contributed by atoms with Crippen LogP contribution in [0.3, 0.4) is 0 Å². The third kappa shape index (κ3) is 4.54. The number of anilines is 1. The van der Waals surface area contributed by atoms with Gasteiger partial charge in [0.1, 0.15) is 0 Å². The molecule has 6 nitrogen and oxygen atoms in total. The molecule has 0 unspecified atom stereocenters. The minimum absolute atomic E-state index is 0.151. The number of amides is 1. The van der Waals surface area contributed by atoms with Gasteiger partial charge in [-0.15, -0.1) is 0 Å². The van der Waals surface area contributed by atoms with Gasteiger partial charge in [0, 0.05) is 22.2 Å². The van der Waals surface area contributed by atoms with E-state index in [-0.39, 0.29) is 12.5 Å². The Morgan fingerprint density at radius 3 is 2.48 bits per heavy atom. The molecular weight excluding hydrogens is 412 g/mol. The highest BCUT2D eigenvalue weighted by Crippen LogP contribution is 2.27. The molecule has 0 bridgehead atoms. The van der Waals surface area contributed by atoms with E-state index in [0.717, 1.165) is 28.8 Å². The summed E-state index contributed by atoms with van der Waals surface area (Å²) < 4.78 is 7.57. The fourth-order valence-electron chi connectivity index (χ4n) is 3.44. The number of halogens is 1. The molecule has 0 radical (unpaired) electrons. The lowest BCUT2D eigenvalue weighted by Gasteiger charge is -2.10. The molecule has 158 valence electrons. The van der Waals surface area contributed by atoms with Crippen LogP contribution in [-0.4, -0.2) is 27.3 Å². The van der Waals surface area contributed by atoms with Crippen LogP contribution >= 0.6 is 11.6 Å². The number of benzene rings is 2. The van der Waals surface area contributed by atoms with Gasteiger partial charge < -0.3 is 10.1 Å². The monoisotopic (exact) mass is 434 g/mol. The predicted molar refractivity (Wildman–Crippen MR) is 123 cm³/mol. The average Bonchev–Trinajstić information content (AvgIpc) is 3.10. The van der Waals surface area contributed by atoms with Crippen molar-refractivity contribution < 1.29 is 9.53 Å². The van der Waals surface area contributed by atoms with Crippen molar-refractivity contribution in [3.05, 3.63) is 76.4 Å². The summed E-state index contributed by atoms with van der Waals surface area (Å²) in [6.07, 6.45) is 0.798. The average molecular weight is 435 g/mol. The van der Waals surface area contributed by atoms with Gasteiger partial charge in [0.25, 0.3) is 5.91 Å². The van der Waals surface area contributed by atoms with Crippen molar-refractivity contribution in [1.29, 1.82) is 0 Å². The second kappa shape index (κ2) is 8.78. The number of pyridine rings is 1. The number of aryl methyl sites for hydroxylation is 3. The van der Waals surface area contributed by atoms with E-state index in [1.807, 2.05) is 48.9 Å². The van der Waals surface area contributed by atoms with Gasteiger partial charge in [-0.05, 0) is 62.2 Å². The van der Waals surface area contributed by atoms with Crippen molar-refractivity contribution in [2.75, 3.05) is 11.9 Å². The van der Waals surface area contributed by atoms with E-state index in [4.69, 9.17) is 21.4 Å². The fourth-order valence-corrected chi connectivity index (χ4v) is 3.57. The van der Waals surface area contributed by atoms with Crippen molar-refractivity contribution in [3.63, 3.8) is 0 Å². The second-order valence-electron chi connectivity index (χ2n) is 7.35. The first-order valence-electron chi connectivity index (χ1n) is 10.1. The maximum absolute atomic E-state index is 12.3. The summed E-state index contributed by atoms with van der Waals surface area (Å²) in [5.74, 6) is 0.120. The molecule has 0 aliphatic heterocycles. The minimum Gasteiger partial charge on any atom is -0.467 e. The van der Waals surface area contributed by atoms with E-state index in [2.05, 4.69) is 17.2 Å². The largest absolute Gasteiger partial charge is 0.467 e. The molecule has 2 aromatic heterocycles. The van der Waals surface area contributed by atoms with Crippen LogP contribution in [0.25, 0.3) is 16.7 Å². The maximum Gasteiger partial charge on any atom is 0.262 e. The summed E-state index contributed by atoms with van der Waals surface area (Å²) in [7, 11) is 0. The molecule has 0 aliphatic rings. The summed E-state index contributed by atoms with van der Waals surface area (Å²) in [5, 5.41) is 9.12. The van der Waals surface area contributed by atoms with E-state index in [0.29, 0.717) is 22.2 Å². The SMILES string of the molecule is CCc1cc(OCC(=O)Nc2ccc(Cl)cc2)nc2c1c(C)nn2-c1ccc(C)cc1. The van der Waals surface area contributed by atoms with Gasteiger partial charge in [0.2, 0.25) is 5.88 Å². The van der Waals surface area contributed by atoms with E-state index in [1.54, 1.807) is 24.3 Å². The molecule has 7 heteroatoms. The van der Waals surface area contributed by atoms with Crippen LogP contribution in [0, 0.1) is 13.8 Å². The third-order valence-corrected chi connectivity index (χ3v) is 5.26. The van der Waals surface area contributed by atoms with Gasteiger partial charge in [-0.1, -0.05) is 36.2 Å². The Labute approximate surface area is 185 Å². The first kappa shape index (κ1) is 20.9. The molecule has 0 fully saturated rings. The molecule has 0 saturated heterocycles. The first-order chi connectivity index (χ1) is 14.9. The van der Waals surface area contributed by atoms with Crippen molar-refractivity contribution in [2.45, 2.75) is 27.2 Å². The third-order valence-electron chi connectivity index (χ3n) is 5.01. The van der Waals surface area contributed by atoms with Crippen LogP contribution in [0.2, 0.25) is 5.02 Å². The van der Waals surface area contributed by atoms with E-state index in [1.165, 1.54) is 5.56 Å². The molecule has 1 amide bonds. The first-order valence-corrected chi connectivity index (χ1v) is 10.5. The number of rotatable bonds is 6. The van der Waals surface area contributed by atoms with Gasteiger partial charge >= 0.3 is 0 Å². The number of aromatic nitrogens is 3. The number of carbonyl (C=O) groups is 1. The Kier molecular flexibility index (Phi) is 5.91. The zero-order valence-electron chi connectivity index (χ0n) is 17.6. The van der Waals surface area contributed by atoms with Crippen molar-refractivity contribution in [1.82, 2.24) is 14.8 Å². The zero-order chi connectivity index (χ0) is 22.0. The summed E-state index contributed by atoms with van der Waals surface area (Å²) in [4.78, 5) is 17.0. The highest BCUT2D eigenvalue weighted by molar-refractivity contribution is 6.30. The number of ether oxygens (including phenoxy) is 1. The molecule has 0 aliphatic carbocycles. The number of nitrogens with one attached hydrogen (secondary N) is 1. The van der Waals surface area contributed by atoms with Gasteiger partial charge in [0.05, 0.1) is 11.4 Å². The Hall–Kier alpha value is -3.38. The number of fused-ring (bicyclic) bond motifs is 1. The lowest BCUT2D eigenvalue weighted by molar-refractivity contribution is -0.118. The van der Waals surface area contributed by atoms with Crippen LogP contribution in [0.1, 0.15) is 23.7 Å². The molecule has 1 N–H and O–H groups in total. The molecule has 0 atom stereocenters. The lowest BCUT2D eigenvalue weighted by atomic mass is 10.1. The van der Waals surface area contributed by atoms with Crippen LogP contribution < -0.4 is 10.1 Å². The van der Waals surface area contributed by atoms with Crippen molar-refractivity contribution in [3.8, 4) is 11.6 Å². The minimum atomic E-state index is -0.273. The van der Waals surface area contributed by atoms with E-state index < -0.39 is 0 Å². The number of nitrogens with zero attached hydrogens (tertiary/aromatic N) is 3. The molecule has 0 spiro atoms. The molecule has 2 aromatic carbocycles. The Balaban J connectivity index is 1.60. The van der Waals surface area contributed by atoms with Crippen molar-refractivity contribution in [2.24, 2.45) is 0 Å². The maximum atomic E-state index is 12.3. The van der Waals surface area contributed by atoms with E-state index >= 15 is 0 Å². The Morgan fingerprint density at radius 1 is 1.10 bits per heavy atom. The number of hydrogen-bond acceptors (Lipinski definition) is 4. The number of carbonyl (C=O) groups excluding carboxylic acids is 1. The highest BCUT2D eigenvalue weighted by atomic mass is 35.5. The molecular formula is C24H23ClN4O2. The summed E-state index contributed by atoms with van der Waals surface area (Å²) in [6, 6.07) is 16.9. The smallest absolute Gasteiger partial charge is 0.262 e. The van der Waals surface area contributed by atoms with Crippen LogP contribution in [0.5, 0.6) is 5.88 Å². The van der Waals surface area contributed by atoms with Gasteiger partial charge in [-0.2, -0.15) is 10.1 Å². The van der Waals surface area contributed by atoms with E-state index in [9.17, 15) is 4.79 Å². The molecule has 4 aromatic rings. The molecule has 31 heavy (non-hydrogen) atoms. The summed E-state index contributed by atoms with van der Waals surface area (Å²) >= 11 is 5.88. The highest BCUT2D eigenvalue weighted by Gasteiger charge is 2.16.